The van der Waals surface area contributed by atoms with Gasteiger partial charge >= 0.3 is 0 Å². The molecule has 0 radical (unpaired) electrons. The summed E-state index contributed by atoms with van der Waals surface area (Å²) >= 11 is 0. The number of nitrogens with zero attached hydrogens (tertiary/aromatic N) is 3. The van der Waals surface area contributed by atoms with E-state index in [0.717, 1.165) is 0 Å². The summed E-state index contributed by atoms with van der Waals surface area (Å²) in [7, 11) is 0. The van der Waals surface area contributed by atoms with E-state index in [4.69, 9.17) is 11.4 Å². The minimum absolute atomic E-state index is 0.104. The molecular formula is C5H11N5O. The van der Waals surface area contributed by atoms with Crippen molar-refractivity contribution >= 4 is 5.91 Å². The minimum atomic E-state index is -0.735. The smallest absolute Gasteiger partial charge is 0.239 e. The third kappa shape index (κ3) is 2.88. The monoisotopic (exact) mass is 157 g/mol. The van der Waals surface area contributed by atoms with Crippen LogP contribution in [-0.4, -0.2) is 12.5 Å². The largest absolute Gasteiger partial charge is 0.294 e. The summed E-state index contributed by atoms with van der Waals surface area (Å²) in [6, 6.07) is 0. The first-order chi connectivity index (χ1) is 5.04. The molecule has 6 heteroatoms. The van der Waals surface area contributed by atoms with Crippen molar-refractivity contribution in [3.63, 3.8) is 0 Å². The Morgan fingerprint density at radius 2 is 2.36 bits per heavy atom. The van der Waals surface area contributed by atoms with Crippen LogP contribution in [0.5, 0.6) is 0 Å². The molecule has 0 saturated carbocycles. The summed E-state index contributed by atoms with van der Waals surface area (Å²) in [4.78, 5) is 13.5. The van der Waals surface area contributed by atoms with Gasteiger partial charge in [-0.05, 0) is 5.53 Å². The molecule has 0 heterocycles. The fraction of sp³-hybridized carbons (Fsp3) is 0.800. The molecule has 0 bridgehead atoms. The lowest BCUT2D eigenvalue weighted by Crippen LogP contribution is -2.42. The van der Waals surface area contributed by atoms with E-state index in [2.05, 4.69) is 10.0 Å². The van der Waals surface area contributed by atoms with Crippen molar-refractivity contribution < 1.29 is 4.79 Å². The second-order valence-electron chi connectivity index (χ2n) is 2.75. The number of nitrogens with two attached hydrogens (primary N) is 1. The van der Waals surface area contributed by atoms with Crippen molar-refractivity contribution in [2.45, 2.75) is 13.8 Å². The van der Waals surface area contributed by atoms with Crippen LogP contribution in [-0.2, 0) is 4.79 Å². The van der Waals surface area contributed by atoms with Crippen LogP contribution in [0.25, 0.3) is 10.4 Å². The fourth-order valence-electron chi connectivity index (χ4n) is 0.476. The van der Waals surface area contributed by atoms with Crippen molar-refractivity contribution in [2.75, 3.05) is 6.54 Å². The molecule has 0 aromatic rings. The summed E-state index contributed by atoms with van der Waals surface area (Å²) in [5.74, 6) is 4.55. The van der Waals surface area contributed by atoms with Crippen LogP contribution < -0.4 is 11.3 Å². The molecule has 0 aromatic carbocycles. The maximum atomic E-state index is 10.9. The summed E-state index contributed by atoms with van der Waals surface area (Å²) < 4.78 is 0. The second-order valence-corrected chi connectivity index (χ2v) is 2.75. The summed E-state index contributed by atoms with van der Waals surface area (Å²) in [6.45, 7) is 3.39. The highest BCUT2D eigenvalue weighted by atomic mass is 16.2. The van der Waals surface area contributed by atoms with Crippen molar-refractivity contribution in [2.24, 2.45) is 16.4 Å². The number of hydrogen-bond donors (Lipinski definition) is 2. The van der Waals surface area contributed by atoms with Gasteiger partial charge in [-0.1, -0.05) is 19.0 Å². The Labute approximate surface area is 64.4 Å². The Kier molecular flexibility index (Phi) is 3.36. The Morgan fingerprint density at radius 1 is 1.82 bits per heavy atom. The molecular weight excluding hydrogens is 146 g/mol. The first-order valence-corrected chi connectivity index (χ1v) is 3.06. The third-order valence-electron chi connectivity index (χ3n) is 1.28. The first kappa shape index (κ1) is 9.74. The highest BCUT2D eigenvalue weighted by Crippen LogP contribution is 2.14. The van der Waals surface area contributed by atoms with Crippen LogP contribution in [0.3, 0.4) is 0 Å². The molecule has 0 saturated heterocycles. The molecule has 0 rings (SSSR count). The maximum Gasteiger partial charge on any atom is 0.239 e. The minimum Gasteiger partial charge on any atom is -0.294 e. The second kappa shape index (κ2) is 3.80. The van der Waals surface area contributed by atoms with Gasteiger partial charge < -0.3 is 0 Å². The van der Waals surface area contributed by atoms with Gasteiger partial charge in [0.15, 0.2) is 0 Å². The van der Waals surface area contributed by atoms with Crippen molar-refractivity contribution in [3.8, 4) is 0 Å². The number of azide groups is 1. The van der Waals surface area contributed by atoms with Crippen LogP contribution in [0, 0.1) is 5.41 Å². The SMILES string of the molecule is CC(C)(CN=[N+]=[N-])C(=O)NN. The molecule has 0 aromatic heterocycles. The van der Waals surface area contributed by atoms with Gasteiger partial charge in [-0.3, -0.25) is 10.2 Å². The van der Waals surface area contributed by atoms with Crippen molar-refractivity contribution in [1.82, 2.24) is 5.43 Å². The first-order valence-electron chi connectivity index (χ1n) is 3.06. The molecule has 0 aliphatic rings. The Bertz CT molecular complexity index is 193. The van der Waals surface area contributed by atoms with Gasteiger partial charge in [0.05, 0.1) is 5.41 Å². The third-order valence-corrected chi connectivity index (χ3v) is 1.28. The number of nitrogens with one attached hydrogen (secondary N) is 1. The Hall–Kier alpha value is -1.26. The summed E-state index contributed by atoms with van der Waals surface area (Å²) in [5.41, 5.74) is 9.24. The highest BCUT2D eigenvalue weighted by molar-refractivity contribution is 5.81. The van der Waals surface area contributed by atoms with E-state index in [1.54, 1.807) is 13.8 Å². The molecule has 62 valence electrons. The number of carbonyl (C=O) groups is 1. The number of carbonyl (C=O) groups excluding carboxylic acids is 1. The van der Waals surface area contributed by atoms with E-state index < -0.39 is 5.41 Å². The molecule has 3 N–H and O–H groups in total. The topological polar surface area (TPSA) is 104 Å². The molecule has 6 nitrogen and oxygen atoms in total. The molecule has 0 fully saturated rings. The Balaban J connectivity index is 4.20. The predicted octanol–water partition coefficient (Wildman–Crippen LogP) is 0.313. The molecule has 0 unspecified atom stereocenters. The molecule has 0 aliphatic heterocycles. The average molecular weight is 157 g/mol. The maximum absolute atomic E-state index is 10.9. The number of rotatable bonds is 3. The van der Waals surface area contributed by atoms with Gasteiger partial charge in [0.2, 0.25) is 5.91 Å². The van der Waals surface area contributed by atoms with Crippen molar-refractivity contribution in [1.29, 1.82) is 0 Å². The lowest BCUT2D eigenvalue weighted by molar-refractivity contribution is -0.128. The normalized spacial score (nSPS) is 10.1. The lowest BCUT2D eigenvalue weighted by Gasteiger charge is -2.18. The highest BCUT2D eigenvalue weighted by Gasteiger charge is 2.25. The van der Waals surface area contributed by atoms with E-state index in [-0.39, 0.29) is 12.5 Å². The van der Waals surface area contributed by atoms with E-state index in [1.165, 1.54) is 0 Å². The van der Waals surface area contributed by atoms with Gasteiger partial charge in [0.25, 0.3) is 0 Å². The molecule has 11 heavy (non-hydrogen) atoms. The number of hydrogen-bond acceptors (Lipinski definition) is 3. The fourth-order valence-corrected chi connectivity index (χ4v) is 0.476. The predicted molar refractivity (Wildman–Crippen MR) is 40.1 cm³/mol. The van der Waals surface area contributed by atoms with E-state index >= 15 is 0 Å². The lowest BCUT2D eigenvalue weighted by atomic mass is 9.93. The van der Waals surface area contributed by atoms with E-state index in [1.807, 2.05) is 5.43 Å². The quantitative estimate of drug-likeness (QED) is 0.154. The van der Waals surface area contributed by atoms with Gasteiger partial charge in [-0.25, -0.2) is 5.84 Å². The van der Waals surface area contributed by atoms with E-state index in [9.17, 15) is 4.79 Å². The van der Waals surface area contributed by atoms with Crippen LogP contribution >= 0.6 is 0 Å². The molecule has 0 atom stereocenters. The molecule has 0 spiro atoms. The van der Waals surface area contributed by atoms with Gasteiger partial charge in [0.1, 0.15) is 0 Å². The molecule has 1 amide bonds. The van der Waals surface area contributed by atoms with E-state index in [0.29, 0.717) is 0 Å². The molecule has 0 aliphatic carbocycles. The van der Waals surface area contributed by atoms with Crippen LogP contribution in [0.2, 0.25) is 0 Å². The average Bonchev–Trinajstić information content (AvgIpc) is 1.99. The van der Waals surface area contributed by atoms with Gasteiger partial charge in [-0.15, -0.1) is 0 Å². The Morgan fingerprint density at radius 3 is 2.73 bits per heavy atom. The summed E-state index contributed by atoms with van der Waals surface area (Å²) in [5, 5.41) is 3.28. The van der Waals surface area contributed by atoms with Gasteiger partial charge in [-0.2, -0.15) is 0 Å². The zero-order chi connectivity index (χ0) is 8.91. The number of amides is 1. The standard InChI is InChI=1S/C5H11N5O/c1-5(2,3-8-10-7)4(11)9-6/h3,6H2,1-2H3,(H,9,11). The van der Waals surface area contributed by atoms with Crippen molar-refractivity contribution in [3.05, 3.63) is 10.4 Å². The zero-order valence-electron chi connectivity index (χ0n) is 6.53. The zero-order valence-corrected chi connectivity index (χ0v) is 6.53. The summed E-state index contributed by atoms with van der Waals surface area (Å²) in [6.07, 6.45) is 0. The van der Waals surface area contributed by atoms with Crippen LogP contribution in [0.1, 0.15) is 13.8 Å². The number of hydrazine groups is 1. The van der Waals surface area contributed by atoms with Crippen LogP contribution in [0.4, 0.5) is 0 Å². The van der Waals surface area contributed by atoms with Crippen LogP contribution in [0.15, 0.2) is 5.11 Å². The van der Waals surface area contributed by atoms with Gasteiger partial charge in [0, 0.05) is 11.5 Å².